The quantitative estimate of drug-likeness (QED) is 0.575. The van der Waals surface area contributed by atoms with Crippen LogP contribution in [0, 0.1) is 11.3 Å². The predicted molar refractivity (Wildman–Crippen MR) is 66.8 cm³/mol. The highest BCUT2D eigenvalue weighted by Gasteiger charge is 2.36. The van der Waals surface area contributed by atoms with Gasteiger partial charge in [0.05, 0.1) is 0 Å². The van der Waals surface area contributed by atoms with Crippen LogP contribution >= 0.6 is 0 Å². The Balaban J connectivity index is 2.10. The van der Waals surface area contributed by atoms with Crippen molar-refractivity contribution in [1.29, 1.82) is 0 Å². The Bertz CT molecular complexity index is 249. The Morgan fingerprint density at radius 2 is 2.00 bits per heavy atom. The Hall–Kier alpha value is -0.520. The third-order valence-corrected chi connectivity index (χ3v) is 4.38. The molecule has 0 aromatic rings. The smallest absolute Gasteiger partial charge is 0.0229 e. The van der Waals surface area contributed by atoms with Gasteiger partial charge in [0.25, 0.3) is 0 Å². The van der Waals surface area contributed by atoms with E-state index in [4.69, 9.17) is 0 Å². The zero-order chi connectivity index (χ0) is 10.6. The summed E-state index contributed by atoms with van der Waals surface area (Å²) in [6, 6.07) is 0. The van der Waals surface area contributed by atoms with Crippen molar-refractivity contribution >= 4 is 0 Å². The number of hydrogen-bond donors (Lipinski definition) is 0. The first-order chi connectivity index (χ1) is 7.37. The van der Waals surface area contributed by atoms with Crippen molar-refractivity contribution in [2.24, 2.45) is 11.3 Å². The molecule has 0 saturated carbocycles. The monoisotopic (exact) mass is 204 g/mol. The molecule has 2 rings (SSSR count). The third-order valence-electron chi connectivity index (χ3n) is 4.38. The molecule has 2 unspecified atom stereocenters. The van der Waals surface area contributed by atoms with E-state index in [1.165, 1.54) is 51.4 Å². The van der Waals surface area contributed by atoms with E-state index in [0.717, 1.165) is 5.92 Å². The summed E-state index contributed by atoms with van der Waals surface area (Å²) >= 11 is 0. The van der Waals surface area contributed by atoms with Crippen LogP contribution < -0.4 is 0 Å². The molecule has 0 radical (unpaired) electrons. The van der Waals surface area contributed by atoms with Gasteiger partial charge >= 0.3 is 0 Å². The maximum absolute atomic E-state index is 2.44. The Morgan fingerprint density at radius 1 is 1.13 bits per heavy atom. The van der Waals surface area contributed by atoms with Gasteiger partial charge in [-0.15, -0.1) is 0 Å². The van der Waals surface area contributed by atoms with Crippen LogP contribution in [0.25, 0.3) is 0 Å². The molecule has 0 bridgehead atoms. The SMILES string of the molecule is CCCC1(C2CC=CCC2)CC=CCC1. The average molecular weight is 204 g/mol. The van der Waals surface area contributed by atoms with Crippen LogP contribution in [0.1, 0.15) is 58.3 Å². The van der Waals surface area contributed by atoms with Crippen LogP contribution in [0.4, 0.5) is 0 Å². The first-order valence-corrected chi connectivity index (χ1v) is 6.67. The van der Waals surface area contributed by atoms with Gasteiger partial charge in [0.2, 0.25) is 0 Å². The molecule has 0 aromatic carbocycles. The van der Waals surface area contributed by atoms with Crippen LogP contribution in [0.2, 0.25) is 0 Å². The molecule has 2 aliphatic carbocycles. The molecule has 84 valence electrons. The second-order valence-corrected chi connectivity index (χ2v) is 5.31. The maximum Gasteiger partial charge on any atom is -0.0229 e. The van der Waals surface area contributed by atoms with Gasteiger partial charge in [-0.1, -0.05) is 37.6 Å². The van der Waals surface area contributed by atoms with Gasteiger partial charge in [-0.05, 0) is 56.3 Å². The number of allylic oxidation sites excluding steroid dienone is 4. The first kappa shape index (κ1) is 11.0. The van der Waals surface area contributed by atoms with Crippen LogP contribution in [0.3, 0.4) is 0 Å². The molecule has 0 fully saturated rings. The summed E-state index contributed by atoms with van der Waals surface area (Å²) in [5.74, 6) is 0.965. The van der Waals surface area contributed by atoms with E-state index in [2.05, 4.69) is 31.2 Å². The van der Waals surface area contributed by atoms with Crippen molar-refractivity contribution in [2.75, 3.05) is 0 Å². The fourth-order valence-electron chi connectivity index (χ4n) is 3.56. The standard InChI is InChI=1S/C15H24/c1-2-11-15(12-7-4-8-13-15)14-9-5-3-6-10-14/h3-5,7,14H,2,6,8-13H2,1H3. The minimum atomic E-state index is 0.661. The molecular weight excluding hydrogens is 180 g/mol. The highest BCUT2D eigenvalue weighted by molar-refractivity contribution is 5.04. The van der Waals surface area contributed by atoms with Crippen molar-refractivity contribution in [2.45, 2.75) is 58.3 Å². The summed E-state index contributed by atoms with van der Waals surface area (Å²) < 4.78 is 0. The molecule has 2 atom stereocenters. The first-order valence-electron chi connectivity index (χ1n) is 6.67. The second kappa shape index (κ2) is 5.01. The number of hydrogen-bond acceptors (Lipinski definition) is 0. The second-order valence-electron chi connectivity index (χ2n) is 5.31. The lowest BCUT2D eigenvalue weighted by atomic mass is 9.62. The molecule has 0 aromatic heterocycles. The van der Waals surface area contributed by atoms with Crippen molar-refractivity contribution < 1.29 is 0 Å². The van der Waals surface area contributed by atoms with Crippen molar-refractivity contribution in [3.63, 3.8) is 0 Å². The molecule has 2 aliphatic rings. The zero-order valence-electron chi connectivity index (χ0n) is 10.0. The lowest BCUT2D eigenvalue weighted by Crippen LogP contribution is -2.32. The summed E-state index contributed by atoms with van der Waals surface area (Å²) in [6.45, 7) is 2.35. The molecule has 15 heavy (non-hydrogen) atoms. The van der Waals surface area contributed by atoms with E-state index < -0.39 is 0 Å². The predicted octanol–water partition coefficient (Wildman–Crippen LogP) is 4.87. The third kappa shape index (κ3) is 2.35. The van der Waals surface area contributed by atoms with Crippen LogP contribution in [-0.2, 0) is 0 Å². The molecular formula is C15H24. The topological polar surface area (TPSA) is 0 Å². The van der Waals surface area contributed by atoms with Gasteiger partial charge in [0.15, 0.2) is 0 Å². The fraction of sp³-hybridized carbons (Fsp3) is 0.733. The van der Waals surface area contributed by atoms with Crippen molar-refractivity contribution in [3.8, 4) is 0 Å². The van der Waals surface area contributed by atoms with E-state index in [0.29, 0.717) is 5.41 Å². The minimum absolute atomic E-state index is 0.661. The van der Waals surface area contributed by atoms with Crippen LogP contribution in [0.5, 0.6) is 0 Å². The van der Waals surface area contributed by atoms with Gasteiger partial charge in [-0.2, -0.15) is 0 Å². The molecule has 0 N–H and O–H groups in total. The van der Waals surface area contributed by atoms with Gasteiger partial charge in [0.1, 0.15) is 0 Å². The van der Waals surface area contributed by atoms with E-state index in [1.54, 1.807) is 0 Å². The summed E-state index contributed by atoms with van der Waals surface area (Å²) in [6.07, 6.45) is 20.6. The van der Waals surface area contributed by atoms with Crippen LogP contribution in [-0.4, -0.2) is 0 Å². The van der Waals surface area contributed by atoms with Crippen molar-refractivity contribution in [1.82, 2.24) is 0 Å². The summed E-state index contributed by atoms with van der Waals surface area (Å²) in [5.41, 5.74) is 0.661. The average Bonchev–Trinajstić information content (AvgIpc) is 2.32. The minimum Gasteiger partial charge on any atom is -0.0885 e. The zero-order valence-corrected chi connectivity index (χ0v) is 10.0. The van der Waals surface area contributed by atoms with E-state index >= 15 is 0 Å². The molecule has 0 saturated heterocycles. The van der Waals surface area contributed by atoms with Gasteiger partial charge in [0, 0.05) is 0 Å². The maximum atomic E-state index is 2.44. The van der Waals surface area contributed by atoms with Crippen molar-refractivity contribution in [3.05, 3.63) is 24.3 Å². The van der Waals surface area contributed by atoms with Gasteiger partial charge in [-0.3, -0.25) is 0 Å². The Morgan fingerprint density at radius 3 is 2.60 bits per heavy atom. The molecule has 0 heteroatoms. The fourth-order valence-corrected chi connectivity index (χ4v) is 3.56. The summed E-state index contributed by atoms with van der Waals surface area (Å²) in [7, 11) is 0. The lowest BCUT2D eigenvalue weighted by Gasteiger charge is -2.43. The summed E-state index contributed by atoms with van der Waals surface area (Å²) in [4.78, 5) is 0. The van der Waals surface area contributed by atoms with E-state index in [9.17, 15) is 0 Å². The number of rotatable bonds is 3. The molecule has 0 aliphatic heterocycles. The largest absolute Gasteiger partial charge is 0.0885 e. The normalized spacial score (nSPS) is 35.7. The highest BCUT2D eigenvalue weighted by atomic mass is 14.4. The molecule has 0 spiro atoms. The lowest BCUT2D eigenvalue weighted by molar-refractivity contribution is 0.114. The highest BCUT2D eigenvalue weighted by Crippen LogP contribution is 2.48. The van der Waals surface area contributed by atoms with E-state index in [-0.39, 0.29) is 0 Å². The molecule has 0 amide bonds. The summed E-state index contributed by atoms with van der Waals surface area (Å²) in [5, 5.41) is 0. The molecule has 0 heterocycles. The Kier molecular flexibility index (Phi) is 3.66. The van der Waals surface area contributed by atoms with E-state index in [1.807, 2.05) is 0 Å². The van der Waals surface area contributed by atoms with Crippen LogP contribution in [0.15, 0.2) is 24.3 Å². The Labute approximate surface area is 94.5 Å². The van der Waals surface area contributed by atoms with Gasteiger partial charge < -0.3 is 0 Å². The van der Waals surface area contributed by atoms with Gasteiger partial charge in [-0.25, -0.2) is 0 Å². The molecule has 0 nitrogen and oxygen atoms in total.